The number of furan rings is 1. The summed E-state index contributed by atoms with van der Waals surface area (Å²) in [5.74, 6) is 0.188. The Bertz CT molecular complexity index is 711. The van der Waals surface area contributed by atoms with E-state index in [1.165, 1.54) is 23.4 Å². The molecule has 0 unspecified atom stereocenters. The average Bonchev–Trinajstić information content (AvgIpc) is 2.95. The lowest BCUT2D eigenvalue weighted by atomic mass is 10.2. The molecule has 6 heteroatoms. The van der Waals surface area contributed by atoms with E-state index in [9.17, 15) is 9.59 Å². The van der Waals surface area contributed by atoms with Crippen molar-refractivity contribution >= 4 is 5.91 Å². The third-order valence-electron chi connectivity index (χ3n) is 3.00. The molecule has 0 bridgehead atoms. The van der Waals surface area contributed by atoms with Gasteiger partial charge < -0.3 is 14.3 Å². The zero-order valence-electron chi connectivity index (χ0n) is 11.6. The molecule has 0 radical (unpaired) electrons. The fourth-order valence-electron chi connectivity index (χ4n) is 1.94. The molecule has 1 N–H and O–H groups in total. The predicted molar refractivity (Wildman–Crippen MR) is 75.5 cm³/mol. The van der Waals surface area contributed by atoms with Gasteiger partial charge in [0.25, 0.3) is 5.91 Å². The number of amides is 1. The highest BCUT2D eigenvalue weighted by Gasteiger charge is 2.19. The summed E-state index contributed by atoms with van der Waals surface area (Å²) in [5.41, 5.74) is 0.411. The van der Waals surface area contributed by atoms with Crippen LogP contribution in [0.1, 0.15) is 28.2 Å². The fourth-order valence-corrected chi connectivity index (χ4v) is 1.94. The highest BCUT2D eigenvalue weighted by Crippen LogP contribution is 2.09. The zero-order valence-corrected chi connectivity index (χ0v) is 11.6. The van der Waals surface area contributed by atoms with Gasteiger partial charge >= 0.3 is 0 Å². The first kappa shape index (κ1) is 14.6. The third kappa shape index (κ3) is 3.60. The van der Waals surface area contributed by atoms with Gasteiger partial charge in [0.2, 0.25) is 0 Å². The van der Waals surface area contributed by atoms with Gasteiger partial charge in [-0.2, -0.15) is 5.26 Å². The molecular formula is C15H15N3O3. The number of hydrogen-bond acceptors (Lipinski definition) is 4. The van der Waals surface area contributed by atoms with Crippen LogP contribution in [-0.2, 0) is 6.54 Å². The molecule has 0 atom stereocenters. The third-order valence-corrected chi connectivity index (χ3v) is 3.00. The van der Waals surface area contributed by atoms with E-state index in [2.05, 4.69) is 4.98 Å². The number of nitrogens with one attached hydrogen (secondary N) is 1. The lowest BCUT2D eigenvalue weighted by molar-refractivity contribution is 0.0733. The Morgan fingerprint density at radius 2 is 2.33 bits per heavy atom. The number of aryl methyl sites for hydroxylation is 1. The molecule has 6 nitrogen and oxygen atoms in total. The summed E-state index contributed by atoms with van der Waals surface area (Å²) in [6.07, 6.45) is 3.11. The van der Waals surface area contributed by atoms with Crippen LogP contribution in [0.5, 0.6) is 0 Å². The van der Waals surface area contributed by atoms with Crippen LogP contribution in [0.4, 0.5) is 0 Å². The topological polar surface area (TPSA) is 90.1 Å². The van der Waals surface area contributed by atoms with Crippen molar-refractivity contribution in [3.05, 3.63) is 57.9 Å². The summed E-state index contributed by atoms with van der Waals surface area (Å²) in [6, 6.07) is 6.84. The highest BCUT2D eigenvalue weighted by atomic mass is 16.3. The Hall–Kier alpha value is -2.81. The Kier molecular flexibility index (Phi) is 4.57. The van der Waals surface area contributed by atoms with E-state index < -0.39 is 5.91 Å². The molecule has 0 saturated carbocycles. The van der Waals surface area contributed by atoms with E-state index in [4.69, 9.17) is 9.68 Å². The molecule has 0 fully saturated rings. The Morgan fingerprint density at radius 3 is 2.95 bits per heavy atom. The Morgan fingerprint density at radius 1 is 1.52 bits per heavy atom. The molecular weight excluding hydrogens is 270 g/mol. The van der Waals surface area contributed by atoms with Gasteiger partial charge in [0.1, 0.15) is 11.3 Å². The number of nitrogens with zero attached hydrogens (tertiary/aromatic N) is 2. The van der Waals surface area contributed by atoms with Crippen molar-refractivity contribution in [2.24, 2.45) is 0 Å². The number of carbonyl (C=O) groups excluding carboxylic acids is 1. The molecule has 108 valence electrons. The number of nitriles is 1. The van der Waals surface area contributed by atoms with Crippen molar-refractivity contribution in [2.45, 2.75) is 19.9 Å². The molecule has 0 aliphatic carbocycles. The van der Waals surface area contributed by atoms with Crippen molar-refractivity contribution in [2.75, 3.05) is 6.54 Å². The molecule has 1 amide bonds. The van der Waals surface area contributed by atoms with Gasteiger partial charge in [0.15, 0.2) is 5.43 Å². The number of aromatic nitrogens is 1. The minimum absolute atomic E-state index is 0.0603. The van der Waals surface area contributed by atoms with E-state index in [0.29, 0.717) is 11.5 Å². The minimum atomic E-state index is -0.414. The van der Waals surface area contributed by atoms with Gasteiger partial charge in [0.05, 0.1) is 25.3 Å². The lowest BCUT2D eigenvalue weighted by Crippen LogP contribution is -2.34. The van der Waals surface area contributed by atoms with Crippen LogP contribution in [0.25, 0.3) is 0 Å². The molecule has 2 aromatic rings. The number of H-pyrrole nitrogens is 1. The Labute approximate surface area is 121 Å². The fraction of sp³-hybridized carbons (Fsp3) is 0.267. The summed E-state index contributed by atoms with van der Waals surface area (Å²) in [7, 11) is 0. The van der Waals surface area contributed by atoms with Gasteiger partial charge in [-0.25, -0.2) is 0 Å². The maximum atomic E-state index is 12.5. The first-order valence-electron chi connectivity index (χ1n) is 6.49. The number of rotatable bonds is 5. The van der Waals surface area contributed by atoms with Crippen LogP contribution in [0, 0.1) is 18.3 Å². The van der Waals surface area contributed by atoms with Crippen molar-refractivity contribution in [1.29, 1.82) is 5.26 Å². The van der Waals surface area contributed by atoms with E-state index in [-0.39, 0.29) is 30.5 Å². The summed E-state index contributed by atoms with van der Waals surface area (Å²) in [5, 5.41) is 8.71. The summed E-state index contributed by atoms with van der Waals surface area (Å²) in [4.78, 5) is 28.7. The molecule has 0 aliphatic heterocycles. The van der Waals surface area contributed by atoms with Crippen molar-refractivity contribution in [3.8, 4) is 6.07 Å². The van der Waals surface area contributed by atoms with Crippen molar-refractivity contribution < 1.29 is 9.21 Å². The zero-order chi connectivity index (χ0) is 15.2. The number of hydrogen-bond donors (Lipinski definition) is 1. The summed E-state index contributed by atoms with van der Waals surface area (Å²) >= 11 is 0. The first-order chi connectivity index (χ1) is 10.1. The van der Waals surface area contributed by atoms with Gasteiger partial charge in [-0.3, -0.25) is 9.59 Å². The first-order valence-corrected chi connectivity index (χ1v) is 6.49. The molecule has 2 heterocycles. The maximum Gasteiger partial charge on any atom is 0.259 e. The van der Waals surface area contributed by atoms with Crippen LogP contribution in [-0.4, -0.2) is 22.3 Å². The average molecular weight is 285 g/mol. The van der Waals surface area contributed by atoms with Gasteiger partial charge in [-0.15, -0.1) is 0 Å². The van der Waals surface area contributed by atoms with Crippen molar-refractivity contribution in [3.63, 3.8) is 0 Å². The molecule has 0 aromatic carbocycles. The van der Waals surface area contributed by atoms with Crippen LogP contribution < -0.4 is 5.43 Å². The van der Waals surface area contributed by atoms with Crippen LogP contribution in [0.15, 0.2) is 39.9 Å². The minimum Gasteiger partial charge on any atom is -0.467 e. The normalized spacial score (nSPS) is 10.1. The van der Waals surface area contributed by atoms with E-state index in [1.807, 2.05) is 6.07 Å². The van der Waals surface area contributed by atoms with Gasteiger partial charge in [-0.05, 0) is 19.1 Å². The SMILES string of the molecule is Cc1cc(=O)c(C(=O)N(CCC#N)Cc2ccco2)c[nH]1. The van der Waals surface area contributed by atoms with E-state index in [0.717, 1.165) is 0 Å². The monoisotopic (exact) mass is 285 g/mol. The quantitative estimate of drug-likeness (QED) is 0.907. The van der Waals surface area contributed by atoms with Gasteiger partial charge in [0, 0.05) is 24.5 Å². The van der Waals surface area contributed by atoms with Crippen molar-refractivity contribution in [1.82, 2.24) is 9.88 Å². The number of aromatic amines is 1. The maximum absolute atomic E-state index is 12.5. The second-order valence-corrected chi connectivity index (χ2v) is 4.61. The molecule has 2 rings (SSSR count). The predicted octanol–water partition coefficient (Wildman–Crippen LogP) is 1.83. The molecule has 21 heavy (non-hydrogen) atoms. The Balaban J connectivity index is 2.24. The van der Waals surface area contributed by atoms with Crippen LogP contribution >= 0.6 is 0 Å². The smallest absolute Gasteiger partial charge is 0.259 e. The molecule has 2 aromatic heterocycles. The second kappa shape index (κ2) is 6.57. The van der Waals surface area contributed by atoms with Gasteiger partial charge in [-0.1, -0.05) is 0 Å². The summed E-state index contributed by atoms with van der Waals surface area (Å²) < 4.78 is 5.22. The van der Waals surface area contributed by atoms with Crippen LogP contribution in [0.2, 0.25) is 0 Å². The summed E-state index contributed by atoms with van der Waals surface area (Å²) in [6.45, 7) is 2.20. The number of pyridine rings is 1. The van der Waals surface area contributed by atoms with E-state index >= 15 is 0 Å². The highest BCUT2D eigenvalue weighted by molar-refractivity contribution is 5.93. The molecule has 0 aliphatic rings. The van der Waals surface area contributed by atoms with Crippen LogP contribution in [0.3, 0.4) is 0 Å². The number of carbonyl (C=O) groups is 1. The standard InChI is InChI=1S/C15H15N3O3/c1-11-8-14(19)13(9-17-11)15(20)18(6-3-5-16)10-12-4-2-7-21-12/h2,4,7-9H,3,6,10H2,1H3,(H,17,19). The molecule has 0 saturated heterocycles. The molecule has 0 spiro atoms. The lowest BCUT2D eigenvalue weighted by Gasteiger charge is -2.20. The largest absolute Gasteiger partial charge is 0.467 e. The second-order valence-electron chi connectivity index (χ2n) is 4.61. The van der Waals surface area contributed by atoms with E-state index in [1.54, 1.807) is 19.1 Å².